The van der Waals surface area contributed by atoms with Crippen LogP contribution in [0.15, 0.2) is 47.3 Å². The summed E-state index contributed by atoms with van der Waals surface area (Å²) in [6.45, 7) is 0. The highest BCUT2D eigenvalue weighted by Gasteiger charge is 2.13. The number of hydrogen-bond acceptors (Lipinski definition) is 3. The first kappa shape index (κ1) is 12.6. The summed E-state index contributed by atoms with van der Waals surface area (Å²) < 4.78 is 15.8. The van der Waals surface area contributed by atoms with Crippen molar-refractivity contribution in [3.8, 4) is 5.69 Å². The highest BCUT2D eigenvalue weighted by molar-refractivity contribution is 7.14. The van der Waals surface area contributed by atoms with Crippen LogP contribution in [0.3, 0.4) is 0 Å². The molecule has 0 fully saturated rings. The molecule has 0 spiro atoms. The number of hydrogen-bond donors (Lipinski definition) is 1. The first-order valence-electron chi connectivity index (χ1n) is 5.72. The first-order valence-corrected chi connectivity index (χ1v) is 6.49. The van der Waals surface area contributed by atoms with E-state index in [2.05, 4.69) is 0 Å². The number of benzene rings is 2. The Balaban J connectivity index is 2.21. The smallest absolute Gasteiger partial charge is 0.338 e. The van der Waals surface area contributed by atoms with Gasteiger partial charge in [-0.05, 0) is 30.3 Å². The molecule has 0 amide bonds. The van der Waals surface area contributed by atoms with Crippen LogP contribution in [0.4, 0.5) is 4.39 Å². The first-order chi connectivity index (χ1) is 9.58. The molecule has 3 rings (SSSR count). The van der Waals surface area contributed by atoms with Gasteiger partial charge in [0, 0.05) is 0 Å². The Morgan fingerprint density at radius 2 is 1.95 bits per heavy atom. The second-order valence-electron chi connectivity index (χ2n) is 4.16. The average molecular weight is 289 g/mol. The maximum absolute atomic E-state index is 13.7. The zero-order valence-corrected chi connectivity index (χ0v) is 10.9. The minimum absolute atomic E-state index is 0.243. The summed E-state index contributed by atoms with van der Waals surface area (Å²) >= 11 is 1.19. The Morgan fingerprint density at radius 1 is 1.20 bits per heavy atom. The molecule has 1 heterocycles. The molecule has 3 aromatic rings. The number of aromatic nitrogens is 1. The number of carboxylic acids is 1. The lowest BCUT2D eigenvalue weighted by atomic mass is 10.2. The number of rotatable bonds is 2. The van der Waals surface area contributed by atoms with E-state index in [4.69, 9.17) is 5.11 Å². The van der Waals surface area contributed by atoms with E-state index in [1.54, 1.807) is 18.2 Å². The normalized spacial score (nSPS) is 10.8. The Hall–Kier alpha value is -2.47. The monoisotopic (exact) mass is 289 g/mol. The van der Waals surface area contributed by atoms with Gasteiger partial charge in [0.2, 0.25) is 0 Å². The van der Waals surface area contributed by atoms with Crippen molar-refractivity contribution in [1.29, 1.82) is 0 Å². The van der Waals surface area contributed by atoms with Crippen LogP contribution in [0.1, 0.15) is 10.4 Å². The molecule has 0 saturated carbocycles. The lowest BCUT2D eigenvalue weighted by Crippen LogP contribution is -2.11. The second-order valence-corrected chi connectivity index (χ2v) is 5.14. The number of halogens is 1. The molecule has 100 valence electrons. The van der Waals surface area contributed by atoms with E-state index in [0.29, 0.717) is 11.1 Å². The van der Waals surface area contributed by atoms with Gasteiger partial charge in [0.05, 0.1) is 21.3 Å². The summed E-state index contributed by atoms with van der Waals surface area (Å²) in [6, 6.07) is 10.7. The zero-order chi connectivity index (χ0) is 14.3. The molecule has 0 saturated heterocycles. The Labute approximate surface area is 116 Å². The van der Waals surface area contributed by atoms with Gasteiger partial charge in [0.25, 0.3) is 5.56 Å². The summed E-state index contributed by atoms with van der Waals surface area (Å²) in [6.07, 6.45) is 0. The van der Waals surface area contributed by atoms with Gasteiger partial charge in [-0.2, -0.15) is 0 Å². The molecule has 0 atom stereocenters. The van der Waals surface area contributed by atoms with Gasteiger partial charge in [-0.1, -0.05) is 23.7 Å². The summed E-state index contributed by atoms with van der Waals surface area (Å²) in [4.78, 5) is 23.0. The molecule has 0 aliphatic rings. The maximum Gasteiger partial charge on any atom is 0.338 e. The van der Waals surface area contributed by atoms with Gasteiger partial charge in [-0.15, -0.1) is 0 Å². The quantitative estimate of drug-likeness (QED) is 0.789. The second kappa shape index (κ2) is 4.57. The van der Waals surface area contributed by atoms with Gasteiger partial charge < -0.3 is 5.11 Å². The summed E-state index contributed by atoms with van der Waals surface area (Å²) in [7, 11) is 0. The Morgan fingerprint density at radius 3 is 2.60 bits per heavy atom. The van der Waals surface area contributed by atoms with Crippen molar-refractivity contribution in [2.75, 3.05) is 0 Å². The molecule has 0 radical (unpaired) electrons. The van der Waals surface area contributed by atoms with Crippen LogP contribution in [0.5, 0.6) is 0 Å². The van der Waals surface area contributed by atoms with Crippen LogP contribution in [0.25, 0.3) is 15.8 Å². The van der Waals surface area contributed by atoms with Gasteiger partial charge >= 0.3 is 5.97 Å². The molecular weight excluding hydrogens is 281 g/mol. The largest absolute Gasteiger partial charge is 0.478 e. The van der Waals surface area contributed by atoms with Crippen molar-refractivity contribution in [2.45, 2.75) is 0 Å². The van der Waals surface area contributed by atoms with Crippen LogP contribution in [0, 0.1) is 5.82 Å². The third-order valence-corrected chi connectivity index (χ3v) is 4.02. The topological polar surface area (TPSA) is 59.3 Å². The molecule has 0 aliphatic carbocycles. The van der Waals surface area contributed by atoms with E-state index in [-0.39, 0.29) is 5.56 Å². The van der Waals surface area contributed by atoms with Crippen molar-refractivity contribution in [1.82, 2.24) is 3.96 Å². The fourth-order valence-corrected chi connectivity index (χ4v) is 2.94. The molecule has 6 heteroatoms. The van der Waals surface area contributed by atoms with E-state index < -0.39 is 17.3 Å². The highest BCUT2D eigenvalue weighted by atomic mass is 32.1. The van der Waals surface area contributed by atoms with Crippen LogP contribution in [0.2, 0.25) is 0 Å². The van der Waals surface area contributed by atoms with Gasteiger partial charge in [0.15, 0.2) is 0 Å². The number of fused-ring (bicyclic) bond motifs is 1. The fraction of sp³-hybridized carbons (Fsp3) is 0. The number of nitrogens with zero attached hydrogens (tertiary/aromatic N) is 1. The maximum atomic E-state index is 13.7. The molecule has 0 aliphatic heterocycles. The number of carboxylic acid groups (broad SMARTS) is 1. The van der Waals surface area contributed by atoms with Gasteiger partial charge in [0.1, 0.15) is 5.82 Å². The van der Waals surface area contributed by atoms with Gasteiger partial charge in [-0.3, -0.25) is 4.79 Å². The third kappa shape index (κ3) is 1.90. The Kier molecular flexibility index (Phi) is 2.87. The fourth-order valence-electron chi connectivity index (χ4n) is 1.95. The predicted octanol–water partition coefficient (Wildman–Crippen LogP) is 2.89. The van der Waals surface area contributed by atoms with Crippen molar-refractivity contribution >= 4 is 27.6 Å². The molecular formula is C14H8FNO3S. The average Bonchev–Trinajstić information content (AvgIpc) is 2.76. The lowest BCUT2D eigenvalue weighted by Gasteiger charge is -2.02. The van der Waals surface area contributed by atoms with Crippen molar-refractivity contribution in [3.63, 3.8) is 0 Å². The van der Waals surface area contributed by atoms with Crippen LogP contribution in [-0.4, -0.2) is 15.0 Å². The van der Waals surface area contributed by atoms with Gasteiger partial charge in [-0.25, -0.2) is 13.1 Å². The van der Waals surface area contributed by atoms with E-state index >= 15 is 0 Å². The van der Waals surface area contributed by atoms with E-state index in [9.17, 15) is 14.0 Å². The number of carbonyl (C=O) groups is 1. The molecule has 20 heavy (non-hydrogen) atoms. The third-order valence-electron chi connectivity index (χ3n) is 2.91. The minimum Gasteiger partial charge on any atom is -0.478 e. The van der Waals surface area contributed by atoms with Crippen LogP contribution >= 0.6 is 11.5 Å². The zero-order valence-electron chi connectivity index (χ0n) is 10.0. The molecule has 1 N–H and O–H groups in total. The molecule has 4 nitrogen and oxygen atoms in total. The summed E-state index contributed by atoms with van der Waals surface area (Å²) in [5.74, 6) is -2.20. The highest BCUT2D eigenvalue weighted by Crippen LogP contribution is 2.21. The van der Waals surface area contributed by atoms with Crippen LogP contribution < -0.4 is 5.56 Å². The summed E-state index contributed by atoms with van der Waals surface area (Å²) in [5, 5.41) is 9.35. The van der Waals surface area contributed by atoms with E-state index in [1.807, 2.05) is 6.07 Å². The minimum atomic E-state index is -1.34. The van der Waals surface area contributed by atoms with Crippen molar-refractivity contribution in [2.24, 2.45) is 0 Å². The Bertz CT molecular complexity index is 882. The predicted molar refractivity (Wildman–Crippen MR) is 74.3 cm³/mol. The SMILES string of the molecule is O=C(O)c1ccc(-n2sc3ccccc3c2=O)cc1F. The van der Waals surface area contributed by atoms with Crippen molar-refractivity contribution < 1.29 is 14.3 Å². The van der Waals surface area contributed by atoms with E-state index in [1.165, 1.54) is 21.6 Å². The molecule has 2 aromatic carbocycles. The standard InChI is InChI=1S/C14H8FNO3S/c15-11-7-8(5-6-9(11)14(18)19)16-13(17)10-3-1-2-4-12(10)20-16/h1-7H,(H,18,19). The lowest BCUT2D eigenvalue weighted by molar-refractivity contribution is 0.0692. The molecule has 0 unspecified atom stereocenters. The van der Waals surface area contributed by atoms with Crippen molar-refractivity contribution in [3.05, 3.63) is 64.2 Å². The molecule has 0 bridgehead atoms. The van der Waals surface area contributed by atoms with Crippen LogP contribution in [-0.2, 0) is 0 Å². The number of aromatic carboxylic acids is 1. The van der Waals surface area contributed by atoms with E-state index in [0.717, 1.165) is 16.8 Å². The summed E-state index contributed by atoms with van der Waals surface area (Å²) in [5.41, 5.74) is -0.338. The molecule has 1 aromatic heterocycles.